The van der Waals surface area contributed by atoms with E-state index in [2.05, 4.69) is 16.3 Å². The predicted molar refractivity (Wildman–Crippen MR) is 135 cm³/mol. The molecule has 194 valence electrons. The van der Waals surface area contributed by atoms with Crippen molar-refractivity contribution in [3.05, 3.63) is 52.7 Å². The first-order valence-corrected chi connectivity index (χ1v) is 13.0. The summed E-state index contributed by atoms with van der Waals surface area (Å²) in [5, 5.41) is 3.37. The second-order valence-electron chi connectivity index (χ2n) is 10.3. The van der Waals surface area contributed by atoms with Crippen LogP contribution in [-0.2, 0) is 27.1 Å². The number of alkyl halides is 1. The van der Waals surface area contributed by atoms with Gasteiger partial charge in [0.25, 0.3) is 0 Å². The number of nitrogens with zero attached hydrogens (tertiary/aromatic N) is 2. The van der Waals surface area contributed by atoms with Crippen LogP contribution in [0.3, 0.4) is 0 Å². The maximum absolute atomic E-state index is 16.3. The molecule has 3 atom stereocenters. The minimum atomic E-state index is -1.30. The van der Waals surface area contributed by atoms with E-state index in [0.29, 0.717) is 45.6 Å². The van der Waals surface area contributed by atoms with E-state index in [9.17, 15) is 4.79 Å². The molecule has 3 aliphatic heterocycles. The minimum absolute atomic E-state index is 0.00918. The number of aryl methyl sites for hydroxylation is 2. The summed E-state index contributed by atoms with van der Waals surface area (Å²) in [6.45, 7) is 2.88. The lowest BCUT2D eigenvalue weighted by atomic mass is 9.82. The predicted octanol–water partition coefficient (Wildman–Crippen LogP) is 4.21. The first-order valence-electron chi connectivity index (χ1n) is 13.0. The molecule has 0 bridgehead atoms. The first kappa shape index (κ1) is 25.0. The van der Waals surface area contributed by atoms with Crippen molar-refractivity contribution >= 4 is 11.8 Å². The standard InChI is InChI=1S/C28H36FN3O4/c1-34-12-13-36-22-7-8-23-24(15-22)20(14-26(33)35-2)17-32-18-28(29,16-25(23)32)10-9-21-6-5-19-4-3-11-30-27(19)31-21/h5-8,15,20,25H,3-4,9-14,16-18H2,1-2H3,(H,30,31)/t20?,25?,28-/m0/s1. The van der Waals surface area contributed by atoms with E-state index in [1.54, 1.807) is 7.11 Å². The van der Waals surface area contributed by atoms with E-state index in [0.717, 1.165) is 47.8 Å². The van der Waals surface area contributed by atoms with Gasteiger partial charge in [-0.15, -0.1) is 0 Å². The van der Waals surface area contributed by atoms with Crippen LogP contribution in [0.5, 0.6) is 5.75 Å². The van der Waals surface area contributed by atoms with Gasteiger partial charge in [0.15, 0.2) is 0 Å². The molecule has 0 spiro atoms. The molecule has 1 fully saturated rings. The van der Waals surface area contributed by atoms with E-state index in [1.165, 1.54) is 12.7 Å². The number of pyridine rings is 1. The van der Waals surface area contributed by atoms with Gasteiger partial charge >= 0.3 is 5.97 Å². The number of aromatic nitrogens is 1. The summed E-state index contributed by atoms with van der Waals surface area (Å²) < 4.78 is 32.1. The summed E-state index contributed by atoms with van der Waals surface area (Å²) in [6, 6.07) is 10.2. The highest BCUT2D eigenvalue weighted by atomic mass is 19.1. The molecular weight excluding hydrogens is 461 g/mol. The molecule has 1 saturated heterocycles. The van der Waals surface area contributed by atoms with Gasteiger partial charge in [0.1, 0.15) is 23.8 Å². The number of halogens is 1. The topological polar surface area (TPSA) is 72.9 Å². The second-order valence-corrected chi connectivity index (χ2v) is 10.3. The molecule has 8 heteroatoms. The highest BCUT2D eigenvalue weighted by Gasteiger charge is 2.48. The molecule has 2 aromatic rings. The number of anilines is 1. The van der Waals surface area contributed by atoms with Crippen molar-refractivity contribution in [3.8, 4) is 5.75 Å². The zero-order valence-corrected chi connectivity index (χ0v) is 21.2. The molecule has 7 nitrogen and oxygen atoms in total. The number of nitrogens with one attached hydrogen (secondary N) is 1. The number of hydrogen-bond acceptors (Lipinski definition) is 7. The Bertz CT molecular complexity index is 1100. The van der Waals surface area contributed by atoms with E-state index in [-0.39, 0.29) is 24.3 Å². The maximum Gasteiger partial charge on any atom is 0.306 e. The SMILES string of the molecule is COCCOc1ccc2c(c1)C(CC(=O)OC)CN1C[C@](F)(CCc3ccc4c(n3)NCCC4)CC21. The quantitative estimate of drug-likeness (QED) is 0.411. The summed E-state index contributed by atoms with van der Waals surface area (Å²) in [4.78, 5) is 19.2. The Hall–Kier alpha value is -2.71. The van der Waals surface area contributed by atoms with Gasteiger partial charge in [-0.25, -0.2) is 9.37 Å². The average Bonchev–Trinajstić information content (AvgIpc) is 3.24. The number of rotatable bonds is 9. The number of hydrogen-bond donors (Lipinski definition) is 1. The third kappa shape index (κ3) is 5.34. The molecule has 0 aliphatic carbocycles. The largest absolute Gasteiger partial charge is 0.491 e. The number of ether oxygens (including phenoxy) is 3. The smallest absolute Gasteiger partial charge is 0.306 e. The molecule has 1 aromatic heterocycles. The number of methoxy groups -OCH3 is 2. The van der Waals surface area contributed by atoms with Crippen LogP contribution >= 0.6 is 0 Å². The average molecular weight is 498 g/mol. The van der Waals surface area contributed by atoms with Crippen LogP contribution in [0.4, 0.5) is 10.2 Å². The van der Waals surface area contributed by atoms with Crippen molar-refractivity contribution in [2.75, 3.05) is 52.4 Å². The van der Waals surface area contributed by atoms with Gasteiger partial charge in [-0.3, -0.25) is 9.69 Å². The molecule has 4 heterocycles. The van der Waals surface area contributed by atoms with E-state index >= 15 is 4.39 Å². The van der Waals surface area contributed by atoms with Gasteiger partial charge in [-0.05, 0) is 60.6 Å². The Morgan fingerprint density at radius 1 is 1.22 bits per heavy atom. The van der Waals surface area contributed by atoms with Crippen LogP contribution in [0.25, 0.3) is 0 Å². The molecule has 1 N–H and O–H groups in total. The van der Waals surface area contributed by atoms with Crippen molar-refractivity contribution in [2.24, 2.45) is 0 Å². The number of carbonyl (C=O) groups is 1. The number of fused-ring (bicyclic) bond motifs is 4. The zero-order chi connectivity index (χ0) is 25.1. The maximum atomic E-state index is 16.3. The normalized spacial score (nSPS) is 24.9. The van der Waals surface area contributed by atoms with Crippen molar-refractivity contribution in [2.45, 2.75) is 56.2 Å². The molecule has 0 amide bonds. The third-order valence-electron chi connectivity index (χ3n) is 7.78. The highest BCUT2D eigenvalue weighted by Crippen LogP contribution is 2.49. The minimum Gasteiger partial charge on any atom is -0.491 e. The fourth-order valence-electron chi connectivity index (χ4n) is 5.94. The summed E-state index contributed by atoms with van der Waals surface area (Å²) in [7, 11) is 3.05. The molecular formula is C28H36FN3O4. The molecule has 1 aromatic carbocycles. The molecule has 5 rings (SSSR count). The van der Waals surface area contributed by atoms with E-state index in [1.807, 2.05) is 24.3 Å². The fraction of sp³-hybridized carbons (Fsp3) is 0.571. The lowest BCUT2D eigenvalue weighted by molar-refractivity contribution is -0.141. The fourth-order valence-corrected chi connectivity index (χ4v) is 5.94. The van der Waals surface area contributed by atoms with Gasteiger partial charge in [0.2, 0.25) is 0 Å². The van der Waals surface area contributed by atoms with Crippen LogP contribution in [0.2, 0.25) is 0 Å². The molecule has 36 heavy (non-hydrogen) atoms. The van der Waals surface area contributed by atoms with Gasteiger partial charge in [0, 0.05) is 50.8 Å². The monoisotopic (exact) mass is 497 g/mol. The second kappa shape index (κ2) is 10.7. The van der Waals surface area contributed by atoms with Gasteiger partial charge in [-0.2, -0.15) is 0 Å². The molecule has 3 aliphatic rings. The zero-order valence-electron chi connectivity index (χ0n) is 21.2. The van der Waals surface area contributed by atoms with Crippen LogP contribution in [0.15, 0.2) is 30.3 Å². The van der Waals surface area contributed by atoms with Crippen molar-refractivity contribution in [1.29, 1.82) is 0 Å². The molecule has 2 unspecified atom stereocenters. The van der Waals surface area contributed by atoms with E-state index in [4.69, 9.17) is 19.2 Å². The molecule has 0 radical (unpaired) electrons. The van der Waals surface area contributed by atoms with Crippen LogP contribution in [0.1, 0.15) is 60.0 Å². The molecule has 0 saturated carbocycles. The third-order valence-corrected chi connectivity index (χ3v) is 7.78. The number of benzene rings is 1. The first-order chi connectivity index (χ1) is 17.5. The summed E-state index contributed by atoms with van der Waals surface area (Å²) >= 11 is 0. The number of esters is 1. The van der Waals surface area contributed by atoms with Crippen LogP contribution in [0, 0.1) is 0 Å². The van der Waals surface area contributed by atoms with Gasteiger partial charge in [0.05, 0.1) is 20.1 Å². The van der Waals surface area contributed by atoms with Gasteiger partial charge in [-0.1, -0.05) is 12.1 Å². The Kier molecular flexibility index (Phi) is 7.44. The summed E-state index contributed by atoms with van der Waals surface area (Å²) in [6.07, 6.45) is 3.91. The lowest BCUT2D eigenvalue weighted by Gasteiger charge is -2.36. The lowest BCUT2D eigenvalue weighted by Crippen LogP contribution is -2.37. The van der Waals surface area contributed by atoms with Gasteiger partial charge < -0.3 is 19.5 Å². The van der Waals surface area contributed by atoms with Crippen molar-refractivity contribution in [1.82, 2.24) is 9.88 Å². The van der Waals surface area contributed by atoms with Crippen molar-refractivity contribution < 1.29 is 23.4 Å². The van der Waals surface area contributed by atoms with E-state index < -0.39 is 5.67 Å². The Labute approximate surface area is 212 Å². The summed E-state index contributed by atoms with van der Waals surface area (Å²) in [5.41, 5.74) is 3.03. The highest BCUT2D eigenvalue weighted by molar-refractivity contribution is 5.70. The van der Waals surface area contributed by atoms with Crippen LogP contribution in [-0.4, -0.2) is 68.6 Å². The summed E-state index contributed by atoms with van der Waals surface area (Å²) in [5.74, 6) is 1.38. The number of carbonyl (C=O) groups excluding carboxylic acids is 1. The van der Waals surface area contributed by atoms with Crippen LogP contribution < -0.4 is 10.1 Å². The Balaban J connectivity index is 1.32. The Morgan fingerprint density at radius 3 is 2.94 bits per heavy atom. The van der Waals surface area contributed by atoms with Crippen molar-refractivity contribution in [3.63, 3.8) is 0 Å². The Morgan fingerprint density at radius 2 is 2.11 bits per heavy atom.